The van der Waals surface area contributed by atoms with Crippen molar-refractivity contribution in [3.05, 3.63) is 12.2 Å². The predicted octanol–water partition coefficient (Wildman–Crippen LogP) is 10.4. The van der Waals surface area contributed by atoms with E-state index in [4.69, 9.17) is 14.2 Å². The van der Waals surface area contributed by atoms with E-state index >= 15 is 0 Å². The SMILES string of the molecule is CCCCCCCC/C=C/CCCCCCCCCC(=O)OC(COCCC(C(=O)O)[N+](C)(C)C)COC(=O)CCCCCCCCCC. The first-order valence-electron chi connectivity index (χ1n) is 20.2. The van der Waals surface area contributed by atoms with E-state index in [9.17, 15) is 19.5 Å². The molecule has 2 atom stereocenters. The third-order valence-electron chi connectivity index (χ3n) is 9.16. The molecule has 2 unspecified atom stereocenters. The number of aliphatic carboxylic acids is 1. The summed E-state index contributed by atoms with van der Waals surface area (Å²) in [6, 6.07) is -0.609. The molecule has 0 amide bonds. The van der Waals surface area contributed by atoms with Gasteiger partial charge in [-0.3, -0.25) is 9.59 Å². The Labute approximate surface area is 301 Å². The van der Waals surface area contributed by atoms with Crippen molar-refractivity contribution < 1.29 is 38.2 Å². The van der Waals surface area contributed by atoms with Crippen LogP contribution in [0.4, 0.5) is 0 Å². The molecule has 0 radical (unpaired) electrons. The first-order valence-corrected chi connectivity index (χ1v) is 20.2. The van der Waals surface area contributed by atoms with Crippen molar-refractivity contribution >= 4 is 17.9 Å². The minimum atomic E-state index is -0.875. The van der Waals surface area contributed by atoms with Gasteiger partial charge in [0.1, 0.15) is 6.61 Å². The summed E-state index contributed by atoms with van der Waals surface area (Å²) in [5.41, 5.74) is 0. The smallest absolute Gasteiger partial charge is 0.362 e. The van der Waals surface area contributed by atoms with E-state index in [0.29, 0.717) is 19.3 Å². The summed E-state index contributed by atoms with van der Waals surface area (Å²) in [4.78, 5) is 36.7. The van der Waals surface area contributed by atoms with Gasteiger partial charge in [0, 0.05) is 19.3 Å². The van der Waals surface area contributed by atoms with Crippen LogP contribution >= 0.6 is 0 Å². The number of ether oxygens (including phenoxy) is 3. The van der Waals surface area contributed by atoms with Crippen molar-refractivity contribution in [1.29, 1.82) is 0 Å². The lowest BCUT2D eigenvalue weighted by Crippen LogP contribution is -2.50. The van der Waals surface area contributed by atoms with Crippen molar-refractivity contribution in [2.24, 2.45) is 0 Å². The zero-order chi connectivity index (χ0) is 36.4. The van der Waals surface area contributed by atoms with Crippen LogP contribution < -0.4 is 0 Å². The summed E-state index contributed by atoms with van der Waals surface area (Å²) in [5.74, 6) is -1.47. The van der Waals surface area contributed by atoms with Crippen LogP contribution in [0.25, 0.3) is 0 Å². The largest absolute Gasteiger partial charge is 0.477 e. The second-order valence-corrected chi connectivity index (χ2v) is 14.9. The maximum absolute atomic E-state index is 12.7. The number of unbranched alkanes of at least 4 members (excludes halogenated alkanes) is 20. The number of carbonyl (C=O) groups excluding carboxylic acids is 2. The highest BCUT2D eigenvalue weighted by Gasteiger charge is 2.31. The molecule has 288 valence electrons. The summed E-state index contributed by atoms with van der Waals surface area (Å²) in [7, 11) is 5.52. The maximum atomic E-state index is 12.7. The topological polar surface area (TPSA) is 99.1 Å². The van der Waals surface area contributed by atoms with E-state index in [2.05, 4.69) is 26.0 Å². The fraction of sp³-hybridized carbons (Fsp3) is 0.878. The number of esters is 2. The first kappa shape index (κ1) is 47.1. The Hall–Kier alpha value is -1.93. The lowest BCUT2D eigenvalue weighted by molar-refractivity contribution is -0.887. The second kappa shape index (κ2) is 33.2. The van der Waals surface area contributed by atoms with Gasteiger partial charge in [-0.15, -0.1) is 0 Å². The summed E-state index contributed by atoms with van der Waals surface area (Å²) in [6.07, 6.45) is 32.6. The number of carboxylic acids is 1. The monoisotopic (exact) mass is 697 g/mol. The average molecular weight is 697 g/mol. The van der Waals surface area contributed by atoms with Gasteiger partial charge in [-0.05, 0) is 38.5 Å². The van der Waals surface area contributed by atoms with Gasteiger partial charge in [0.25, 0.3) is 0 Å². The number of quaternary nitrogens is 1. The van der Waals surface area contributed by atoms with E-state index in [0.717, 1.165) is 38.5 Å². The van der Waals surface area contributed by atoms with Crippen LogP contribution in [0.15, 0.2) is 12.2 Å². The van der Waals surface area contributed by atoms with Crippen LogP contribution in [-0.4, -0.2) is 80.6 Å². The fourth-order valence-electron chi connectivity index (χ4n) is 5.97. The zero-order valence-electron chi connectivity index (χ0n) is 32.7. The number of carbonyl (C=O) groups is 3. The molecule has 8 heteroatoms. The highest BCUT2D eigenvalue weighted by molar-refractivity contribution is 5.72. The summed E-state index contributed by atoms with van der Waals surface area (Å²) < 4.78 is 17.2. The number of hydrogen-bond acceptors (Lipinski definition) is 6. The third kappa shape index (κ3) is 31.8. The molecule has 0 heterocycles. The number of allylic oxidation sites excluding steroid dienone is 2. The van der Waals surface area contributed by atoms with Crippen LogP contribution in [0.1, 0.15) is 181 Å². The minimum absolute atomic E-state index is 0.0481. The molecule has 0 aliphatic heterocycles. The molecular formula is C41H78NO7+. The Morgan fingerprint density at radius 3 is 1.47 bits per heavy atom. The molecule has 0 aromatic heterocycles. The summed E-state index contributed by atoms with van der Waals surface area (Å²) in [6.45, 7) is 4.70. The highest BCUT2D eigenvalue weighted by Crippen LogP contribution is 2.14. The van der Waals surface area contributed by atoms with Crippen molar-refractivity contribution in [2.45, 2.75) is 193 Å². The highest BCUT2D eigenvalue weighted by atomic mass is 16.6. The molecule has 0 aliphatic carbocycles. The molecule has 49 heavy (non-hydrogen) atoms. The molecule has 0 aromatic carbocycles. The average Bonchev–Trinajstić information content (AvgIpc) is 3.05. The molecular weight excluding hydrogens is 618 g/mol. The minimum Gasteiger partial charge on any atom is -0.477 e. The zero-order valence-corrected chi connectivity index (χ0v) is 32.7. The molecule has 0 bridgehead atoms. The van der Waals surface area contributed by atoms with E-state index in [1.165, 1.54) is 109 Å². The Morgan fingerprint density at radius 2 is 1.02 bits per heavy atom. The van der Waals surface area contributed by atoms with Gasteiger partial charge in [0.15, 0.2) is 12.1 Å². The van der Waals surface area contributed by atoms with Crippen LogP contribution in [-0.2, 0) is 28.6 Å². The number of likely N-dealkylation sites (N-methyl/N-ethyl adjacent to an activating group) is 1. The molecule has 0 fully saturated rings. The number of nitrogens with zero attached hydrogens (tertiary/aromatic N) is 1. The molecule has 1 N–H and O–H groups in total. The lowest BCUT2D eigenvalue weighted by Gasteiger charge is -2.31. The Bertz CT molecular complexity index is 823. The van der Waals surface area contributed by atoms with Crippen molar-refractivity contribution in [3.8, 4) is 0 Å². The van der Waals surface area contributed by atoms with Crippen LogP contribution in [0.3, 0.4) is 0 Å². The Kier molecular flexibility index (Phi) is 31.9. The number of carboxylic acid groups (broad SMARTS) is 1. The van der Waals surface area contributed by atoms with E-state index < -0.39 is 18.1 Å². The predicted molar refractivity (Wildman–Crippen MR) is 202 cm³/mol. The molecule has 0 saturated heterocycles. The van der Waals surface area contributed by atoms with Gasteiger partial charge >= 0.3 is 17.9 Å². The maximum Gasteiger partial charge on any atom is 0.362 e. The quantitative estimate of drug-likeness (QED) is 0.0301. The van der Waals surface area contributed by atoms with Gasteiger partial charge < -0.3 is 23.8 Å². The van der Waals surface area contributed by atoms with E-state index in [-0.39, 0.29) is 36.2 Å². The Balaban J connectivity index is 4.32. The fourth-order valence-corrected chi connectivity index (χ4v) is 5.97. The molecule has 0 aliphatic rings. The van der Waals surface area contributed by atoms with Crippen LogP contribution in [0.2, 0.25) is 0 Å². The normalized spacial score (nSPS) is 13.1. The molecule has 8 nitrogen and oxygen atoms in total. The third-order valence-corrected chi connectivity index (χ3v) is 9.16. The Morgan fingerprint density at radius 1 is 0.592 bits per heavy atom. The number of hydrogen-bond donors (Lipinski definition) is 1. The van der Waals surface area contributed by atoms with Crippen molar-refractivity contribution in [1.82, 2.24) is 0 Å². The van der Waals surface area contributed by atoms with Crippen LogP contribution in [0, 0.1) is 0 Å². The van der Waals surface area contributed by atoms with E-state index in [1.54, 1.807) is 0 Å². The standard InChI is InChI=1S/C41H77NO7/c1-6-8-10-12-14-16-17-18-19-20-21-22-23-24-26-28-30-32-40(44)49-37(35-47-34-33-38(41(45)46)42(3,4)5)36-48-39(43)31-29-27-25-15-13-11-9-7-2/h18-19,37-38H,6-17,20-36H2,1-5H3/p+1/b19-18+. The van der Waals surface area contributed by atoms with Gasteiger partial charge in [-0.1, -0.05) is 135 Å². The van der Waals surface area contributed by atoms with Gasteiger partial charge in [-0.25, -0.2) is 4.79 Å². The van der Waals surface area contributed by atoms with Gasteiger partial charge in [0.2, 0.25) is 0 Å². The second-order valence-electron chi connectivity index (χ2n) is 14.9. The van der Waals surface area contributed by atoms with Gasteiger partial charge in [-0.2, -0.15) is 0 Å². The summed E-state index contributed by atoms with van der Waals surface area (Å²) in [5, 5.41) is 9.58. The summed E-state index contributed by atoms with van der Waals surface area (Å²) >= 11 is 0. The lowest BCUT2D eigenvalue weighted by atomic mass is 10.1. The number of rotatable bonds is 36. The molecule has 0 rings (SSSR count). The van der Waals surface area contributed by atoms with Crippen molar-refractivity contribution in [3.63, 3.8) is 0 Å². The first-order chi connectivity index (χ1) is 23.6. The van der Waals surface area contributed by atoms with Crippen molar-refractivity contribution in [2.75, 3.05) is 41.0 Å². The van der Waals surface area contributed by atoms with Gasteiger partial charge in [0.05, 0.1) is 34.4 Å². The molecule has 0 saturated carbocycles. The van der Waals surface area contributed by atoms with Crippen LogP contribution in [0.5, 0.6) is 0 Å². The van der Waals surface area contributed by atoms with E-state index in [1.807, 2.05) is 21.1 Å². The molecule has 0 spiro atoms. The molecule has 0 aromatic rings.